The van der Waals surface area contributed by atoms with E-state index >= 15 is 0 Å². The lowest BCUT2D eigenvalue weighted by Gasteiger charge is -2.21. The Morgan fingerprint density at radius 3 is 2.69 bits per heavy atom. The van der Waals surface area contributed by atoms with Crippen molar-refractivity contribution in [2.75, 3.05) is 13.2 Å². The minimum Gasteiger partial charge on any atom is -0.481 e. The van der Waals surface area contributed by atoms with Crippen molar-refractivity contribution in [1.82, 2.24) is 0 Å². The van der Waals surface area contributed by atoms with E-state index in [1.807, 2.05) is 30.3 Å². The van der Waals surface area contributed by atoms with Gasteiger partial charge in [0.25, 0.3) is 0 Å². The van der Waals surface area contributed by atoms with Gasteiger partial charge in [0.1, 0.15) is 0 Å². The molecule has 1 aromatic carbocycles. The molecule has 3 heteroatoms. The van der Waals surface area contributed by atoms with Gasteiger partial charge in [-0.1, -0.05) is 30.3 Å². The highest BCUT2D eigenvalue weighted by Gasteiger charge is 2.41. The zero-order valence-electron chi connectivity index (χ0n) is 9.19. The highest BCUT2D eigenvalue weighted by molar-refractivity contribution is 5.75. The molecule has 1 atom stereocenters. The Hall–Kier alpha value is -1.35. The lowest BCUT2D eigenvalue weighted by atomic mass is 9.81. The molecule has 2 rings (SSSR count). The normalized spacial score (nSPS) is 24.5. The van der Waals surface area contributed by atoms with Crippen LogP contribution in [0, 0.1) is 5.41 Å². The van der Waals surface area contributed by atoms with Crippen LogP contribution in [-0.4, -0.2) is 24.3 Å². The van der Waals surface area contributed by atoms with Gasteiger partial charge in [0.15, 0.2) is 0 Å². The van der Waals surface area contributed by atoms with Crippen LogP contribution in [0.5, 0.6) is 0 Å². The molecule has 3 nitrogen and oxygen atoms in total. The van der Waals surface area contributed by atoms with Crippen LogP contribution in [0.15, 0.2) is 30.3 Å². The average Bonchev–Trinajstić information content (AvgIpc) is 2.78. The highest BCUT2D eigenvalue weighted by Crippen LogP contribution is 2.33. The van der Waals surface area contributed by atoms with Crippen LogP contribution in [0.4, 0.5) is 0 Å². The summed E-state index contributed by atoms with van der Waals surface area (Å²) in [6.45, 7) is 0.927. The van der Waals surface area contributed by atoms with E-state index in [1.165, 1.54) is 5.56 Å². The summed E-state index contributed by atoms with van der Waals surface area (Å²) in [6, 6.07) is 9.99. The van der Waals surface area contributed by atoms with E-state index in [0.29, 0.717) is 26.1 Å². The standard InChI is InChI=1S/C13H16O3/c14-12(15)13(8-9-16-10-13)7-6-11-4-2-1-3-5-11/h1-5H,6-10H2,(H,14,15). The SMILES string of the molecule is O=C(O)C1(CCc2ccccc2)CCOC1. The van der Waals surface area contributed by atoms with Gasteiger partial charge in [-0.2, -0.15) is 0 Å². The minimum absolute atomic E-state index is 0.356. The second kappa shape index (κ2) is 4.66. The van der Waals surface area contributed by atoms with E-state index in [4.69, 9.17) is 4.74 Å². The largest absolute Gasteiger partial charge is 0.481 e. The maximum absolute atomic E-state index is 11.3. The Balaban J connectivity index is 2.00. The number of carboxylic acid groups (broad SMARTS) is 1. The van der Waals surface area contributed by atoms with Crippen LogP contribution in [0.2, 0.25) is 0 Å². The molecule has 1 heterocycles. The van der Waals surface area contributed by atoms with Gasteiger partial charge in [-0.3, -0.25) is 4.79 Å². The number of carboxylic acids is 1. The summed E-state index contributed by atoms with van der Waals surface area (Å²) in [7, 11) is 0. The summed E-state index contributed by atoms with van der Waals surface area (Å²) < 4.78 is 5.23. The second-order valence-corrected chi connectivity index (χ2v) is 4.37. The van der Waals surface area contributed by atoms with Crippen LogP contribution in [0.25, 0.3) is 0 Å². The van der Waals surface area contributed by atoms with E-state index in [2.05, 4.69) is 0 Å². The third kappa shape index (κ3) is 2.25. The van der Waals surface area contributed by atoms with Gasteiger partial charge in [0.05, 0.1) is 12.0 Å². The molecule has 1 unspecified atom stereocenters. The van der Waals surface area contributed by atoms with Crippen molar-refractivity contribution in [2.24, 2.45) is 5.41 Å². The van der Waals surface area contributed by atoms with Crippen molar-refractivity contribution in [3.63, 3.8) is 0 Å². The Morgan fingerprint density at radius 1 is 1.38 bits per heavy atom. The third-order valence-corrected chi connectivity index (χ3v) is 3.29. The Labute approximate surface area is 95.0 Å². The number of hydrogen-bond acceptors (Lipinski definition) is 2. The van der Waals surface area contributed by atoms with Crippen molar-refractivity contribution < 1.29 is 14.6 Å². The zero-order valence-corrected chi connectivity index (χ0v) is 9.19. The molecule has 1 aromatic rings. The molecule has 0 radical (unpaired) electrons. The summed E-state index contributed by atoms with van der Waals surface area (Å²) in [5.41, 5.74) is 0.533. The number of carbonyl (C=O) groups is 1. The smallest absolute Gasteiger partial charge is 0.312 e. The zero-order chi connectivity index (χ0) is 11.4. The third-order valence-electron chi connectivity index (χ3n) is 3.29. The van der Waals surface area contributed by atoms with Crippen molar-refractivity contribution in [3.05, 3.63) is 35.9 Å². The molecule has 0 aliphatic carbocycles. The van der Waals surface area contributed by atoms with Crippen molar-refractivity contribution in [1.29, 1.82) is 0 Å². The topological polar surface area (TPSA) is 46.5 Å². The molecular formula is C13H16O3. The molecule has 1 fully saturated rings. The molecule has 86 valence electrons. The summed E-state index contributed by atoms with van der Waals surface area (Å²) in [4.78, 5) is 11.3. The summed E-state index contributed by atoms with van der Waals surface area (Å²) in [5, 5.41) is 9.26. The summed E-state index contributed by atoms with van der Waals surface area (Å²) in [6.07, 6.45) is 2.10. The van der Waals surface area contributed by atoms with Gasteiger partial charge in [0, 0.05) is 6.61 Å². The quantitative estimate of drug-likeness (QED) is 0.845. The lowest BCUT2D eigenvalue weighted by Crippen LogP contribution is -2.32. The van der Waals surface area contributed by atoms with Crippen molar-refractivity contribution in [3.8, 4) is 0 Å². The maximum Gasteiger partial charge on any atom is 0.312 e. The average molecular weight is 220 g/mol. The van der Waals surface area contributed by atoms with Crippen LogP contribution in [0.1, 0.15) is 18.4 Å². The second-order valence-electron chi connectivity index (χ2n) is 4.37. The molecule has 0 amide bonds. The minimum atomic E-state index is -0.721. The first-order chi connectivity index (χ1) is 7.73. The molecule has 1 N–H and O–H groups in total. The first kappa shape index (κ1) is 11.1. The predicted molar refractivity (Wildman–Crippen MR) is 60.3 cm³/mol. The van der Waals surface area contributed by atoms with E-state index in [1.54, 1.807) is 0 Å². The number of aryl methyl sites for hydroxylation is 1. The Bertz CT molecular complexity index is 353. The first-order valence-electron chi connectivity index (χ1n) is 5.58. The van der Waals surface area contributed by atoms with Gasteiger partial charge in [-0.25, -0.2) is 0 Å². The van der Waals surface area contributed by atoms with Gasteiger partial charge >= 0.3 is 5.97 Å². The van der Waals surface area contributed by atoms with Crippen LogP contribution in [0.3, 0.4) is 0 Å². The molecule has 0 bridgehead atoms. The fourth-order valence-corrected chi connectivity index (χ4v) is 2.11. The van der Waals surface area contributed by atoms with Gasteiger partial charge in [-0.15, -0.1) is 0 Å². The van der Waals surface area contributed by atoms with Gasteiger partial charge in [0.2, 0.25) is 0 Å². The maximum atomic E-state index is 11.3. The van der Waals surface area contributed by atoms with E-state index in [-0.39, 0.29) is 0 Å². The first-order valence-corrected chi connectivity index (χ1v) is 5.58. The molecule has 0 saturated carbocycles. The number of rotatable bonds is 4. The fraction of sp³-hybridized carbons (Fsp3) is 0.462. The summed E-state index contributed by atoms with van der Waals surface area (Å²) in [5.74, 6) is -0.721. The molecule has 0 spiro atoms. The molecule has 0 aromatic heterocycles. The predicted octanol–water partition coefficient (Wildman–Crippen LogP) is 2.11. The van der Waals surface area contributed by atoms with Crippen LogP contribution in [-0.2, 0) is 16.0 Å². The highest BCUT2D eigenvalue weighted by atomic mass is 16.5. The van der Waals surface area contributed by atoms with Gasteiger partial charge < -0.3 is 9.84 Å². The van der Waals surface area contributed by atoms with Crippen molar-refractivity contribution >= 4 is 5.97 Å². The molecular weight excluding hydrogens is 204 g/mol. The summed E-state index contributed by atoms with van der Waals surface area (Å²) >= 11 is 0. The molecule has 1 saturated heterocycles. The lowest BCUT2D eigenvalue weighted by molar-refractivity contribution is -0.149. The number of benzene rings is 1. The fourth-order valence-electron chi connectivity index (χ4n) is 2.11. The van der Waals surface area contributed by atoms with Crippen LogP contribution >= 0.6 is 0 Å². The monoisotopic (exact) mass is 220 g/mol. The van der Waals surface area contributed by atoms with E-state index in [0.717, 1.165) is 6.42 Å². The van der Waals surface area contributed by atoms with E-state index in [9.17, 15) is 9.90 Å². The van der Waals surface area contributed by atoms with E-state index < -0.39 is 11.4 Å². The Morgan fingerprint density at radius 2 is 2.12 bits per heavy atom. The van der Waals surface area contributed by atoms with Gasteiger partial charge in [-0.05, 0) is 24.8 Å². The number of hydrogen-bond donors (Lipinski definition) is 1. The number of aliphatic carboxylic acids is 1. The molecule has 16 heavy (non-hydrogen) atoms. The molecule has 1 aliphatic rings. The number of ether oxygens (including phenoxy) is 1. The molecule has 1 aliphatic heterocycles. The Kier molecular flexibility index (Phi) is 3.25. The van der Waals surface area contributed by atoms with Crippen LogP contribution < -0.4 is 0 Å². The van der Waals surface area contributed by atoms with Crippen molar-refractivity contribution in [2.45, 2.75) is 19.3 Å².